The quantitative estimate of drug-likeness (QED) is 0.859. The van der Waals surface area contributed by atoms with Gasteiger partial charge >= 0.3 is 12.1 Å². The Labute approximate surface area is 110 Å². The van der Waals surface area contributed by atoms with Crippen LogP contribution in [0.5, 0.6) is 0 Å². The molecule has 0 bridgehead atoms. The van der Waals surface area contributed by atoms with Crippen LogP contribution in [0.1, 0.15) is 12.0 Å². The van der Waals surface area contributed by atoms with Gasteiger partial charge in [0.15, 0.2) is 6.04 Å². The number of carboxylic acid groups (broad SMARTS) is 2. The van der Waals surface area contributed by atoms with Gasteiger partial charge in [0.2, 0.25) is 0 Å². The van der Waals surface area contributed by atoms with E-state index in [-0.39, 0.29) is 13.2 Å². The fourth-order valence-corrected chi connectivity index (χ4v) is 2.22. The molecule has 6 heteroatoms. The third kappa shape index (κ3) is 3.03. The van der Waals surface area contributed by atoms with Crippen molar-refractivity contribution in [3.63, 3.8) is 0 Å². The maximum atomic E-state index is 11.2. The first-order valence-corrected chi connectivity index (χ1v) is 5.97. The van der Waals surface area contributed by atoms with E-state index >= 15 is 0 Å². The predicted molar refractivity (Wildman–Crippen MR) is 65.8 cm³/mol. The second-order valence-electron chi connectivity index (χ2n) is 4.38. The van der Waals surface area contributed by atoms with Crippen LogP contribution in [0.15, 0.2) is 30.3 Å². The molecule has 0 unspecified atom stereocenters. The van der Waals surface area contributed by atoms with Gasteiger partial charge in [-0.2, -0.15) is 0 Å². The first-order chi connectivity index (χ1) is 9.09. The Kier molecular flexibility index (Phi) is 4.01. The highest BCUT2D eigenvalue weighted by molar-refractivity contribution is 5.80. The summed E-state index contributed by atoms with van der Waals surface area (Å²) in [5.74, 6) is -1.17. The average molecular weight is 265 g/mol. The summed E-state index contributed by atoms with van der Waals surface area (Å²) in [5.41, 5.74) is 0.931. The zero-order chi connectivity index (χ0) is 13.8. The maximum Gasteiger partial charge on any atom is 0.408 e. The monoisotopic (exact) mass is 265 g/mol. The van der Waals surface area contributed by atoms with Crippen molar-refractivity contribution in [3.05, 3.63) is 35.9 Å². The zero-order valence-electron chi connectivity index (χ0n) is 10.2. The summed E-state index contributed by atoms with van der Waals surface area (Å²) >= 11 is 0. The van der Waals surface area contributed by atoms with Gasteiger partial charge in [0.05, 0.1) is 12.7 Å². The molecule has 2 atom stereocenters. The molecule has 0 aliphatic carbocycles. The number of carboxylic acids is 1. The average Bonchev–Trinajstić information content (AvgIpc) is 2.81. The summed E-state index contributed by atoms with van der Waals surface area (Å²) in [7, 11) is 0. The zero-order valence-corrected chi connectivity index (χ0v) is 10.2. The molecule has 0 spiro atoms. The fourth-order valence-electron chi connectivity index (χ4n) is 2.22. The normalized spacial score (nSPS) is 22.4. The summed E-state index contributed by atoms with van der Waals surface area (Å²) in [4.78, 5) is 23.0. The van der Waals surface area contributed by atoms with E-state index in [1.54, 1.807) is 0 Å². The van der Waals surface area contributed by atoms with Crippen molar-refractivity contribution in [1.29, 1.82) is 0 Å². The molecule has 1 saturated heterocycles. The van der Waals surface area contributed by atoms with Crippen molar-refractivity contribution >= 4 is 12.1 Å². The Bertz CT molecular complexity index is 461. The Morgan fingerprint density at radius 3 is 2.53 bits per heavy atom. The van der Waals surface area contributed by atoms with Crippen LogP contribution in [0.4, 0.5) is 4.79 Å². The van der Waals surface area contributed by atoms with E-state index in [1.165, 1.54) is 0 Å². The van der Waals surface area contributed by atoms with Crippen molar-refractivity contribution in [3.8, 4) is 0 Å². The van der Waals surface area contributed by atoms with Crippen LogP contribution >= 0.6 is 0 Å². The van der Waals surface area contributed by atoms with E-state index in [1.807, 2.05) is 30.3 Å². The molecule has 2 N–H and O–H groups in total. The van der Waals surface area contributed by atoms with Gasteiger partial charge < -0.3 is 14.9 Å². The topological polar surface area (TPSA) is 87.1 Å². The molecule has 1 amide bonds. The van der Waals surface area contributed by atoms with E-state index in [2.05, 4.69) is 0 Å². The number of likely N-dealkylation sites (tertiary alicyclic amines) is 1. The highest BCUT2D eigenvalue weighted by atomic mass is 16.5. The maximum absolute atomic E-state index is 11.2. The van der Waals surface area contributed by atoms with E-state index in [0.29, 0.717) is 6.42 Å². The number of aliphatic carboxylic acids is 1. The van der Waals surface area contributed by atoms with Crippen molar-refractivity contribution in [2.24, 2.45) is 0 Å². The van der Waals surface area contributed by atoms with Crippen molar-refractivity contribution < 1.29 is 24.5 Å². The van der Waals surface area contributed by atoms with Gasteiger partial charge in [0, 0.05) is 6.54 Å². The van der Waals surface area contributed by atoms with Crippen molar-refractivity contribution in [1.82, 2.24) is 4.90 Å². The number of nitrogens with zero attached hydrogens (tertiary/aromatic N) is 1. The lowest BCUT2D eigenvalue weighted by atomic mass is 10.1. The summed E-state index contributed by atoms with van der Waals surface area (Å²) < 4.78 is 5.56. The van der Waals surface area contributed by atoms with Gasteiger partial charge in [-0.05, 0) is 12.0 Å². The van der Waals surface area contributed by atoms with Gasteiger partial charge in [-0.25, -0.2) is 9.59 Å². The standard InChI is InChI=1S/C13H15NO5/c15-12(16)11-10(6-7-14(11)13(17)18)19-8-9-4-2-1-3-5-9/h1-5,10-11H,6-8H2,(H,15,16)(H,17,18)/t10-,11-/m1/s1. The number of amides is 1. The Hall–Kier alpha value is -2.08. The van der Waals surface area contributed by atoms with Crippen LogP contribution in [0.2, 0.25) is 0 Å². The minimum Gasteiger partial charge on any atom is -0.480 e. The summed E-state index contributed by atoms with van der Waals surface area (Å²) in [6.45, 7) is 0.467. The van der Waals surface area contributed by atoms with E-state index in [9.17, 15) is 9.59 Å². The van der Waals surface area contributed by atoms with Crippen molar-refractivity contribution in [2.75, 3.05) is 6.54 Å². The van der Waals surface area contributed by atoms with Crippen LogP contribution < -0.4 is 0 Å². The molecule has 1 aliphatic heterocycles. The molecule has 1 aromatic carbocycles. The largest absolute Gasteiger partial charge is 0.480 e. The van der Waals surface area contributed by atoms with Crippen LogP contribution in [0, 0.1) is 0 Å². The summed E-state index contributed by atoms with van der Waals surface area (Å²) in [6, 6.07) is 8.24. The van der Waals surface area contributed by atoms with Gasteiger partial charge in [0.25, 0.3) is 0 Å². The first kappa shape index (κ1) is 13.4. The molecule has 2 rings (SSSR count). The van der Waals surface area contributed by atoms with E-state index in [4.69, 9.17) is 14.9 Å². The number of ether oxygens (including phenoxy) is 1. The molecule has 0 saturated carbocycles. The van der Waals surface area contributed by atoms with Gasteiger partial charge in [-0.1, -0.05) is 30.3 Å². The van der Waals surface area contributed by atoms with E-state index in [0.717, 1.165) is 10.5 Å². The Balaban J connectivity index is 2.00. The lowest BCUT2D eigenvalue weighted by molar-refractivity contribution is -0.146. The van der Waals surface area contributed by atoms with Gasteiger partial charge in [-0.3, -0.25) is 4.90 Å². The molecule has 102 valence electrons. The molecular weight excluding hydrogens is 250 g/mol. The number of hydrogen-bond donors (Lipinski definition) is 2. The summed E-state index contributed by atoms with van der Waals surface area (Å²) in [6.07, 6.45) is -1.43. The molecule has 19 heavy (non-hydrogen) atoms. The Morgan fingerprint density at radius 2 is 1.95 bits per heavy atom. The van der Waals surface area contributed by atoms with Crippen LogP contribution in [0.3, 0.4) is 0 Å². The fraction of sp³-hybridized carbons (Fsp3) is 0.385. The van der Waals surface area contributed by atoms with Crippen LogP contribution in [-0.2, 0) is 16.1 Å². The molecular formula is C13H15NO5. The molecule has 1 fully saturated rings. The number of hydrogen-bond acceptors (Lipinski definition) is 3. The minimum atomic E-state index is -1.22. The smallest absolute Gasteiger partial charge is 0.408 e. The molecule has 1 aliphatic rings. The highest BCUT2D eigenvalue weighted by Crippen LogP contribution is 2.22. The summed E-state index contributed by atoms with van der Waals surface area (Å²) in [5, 5.41) is 18.1. The lowest BCUT2D eigenvalue weighted by Crippen LogP contribution is -2.45. The third-order valence-corrected chi connectivity index (χ3v) is 3.15. The second kappa shape index (κ2) is 5.71. The molecule has 0 radical (unpaired) electrons. The highest BCUT2D eigenvalue weighted by Gasteiger charge is 2.42. The number of rotatable bonds is 4. The SMILES string of the molecule is O=C(O)[C@H]1[C@H](OCc2ccccc2)CCN1C(=O)O. The van der Waals surface area contributed by atoms with Crippen molar-refractivity contribution in [2.45, 2.75) is 25.2 Å². The first-order valence-electron chi connectivity index (χ1n) is 5.97. The third-order valence-electron chi connectivity index (χ3n) is 3.15. The lowest BCUT2D eigenvalue weighted by Gasteiger charge is -2.22. The molecule has 0 aromatic heterocycles. The molecule has 1 heterocycles. The number of carbonyl (C=O) groups is 2. The second-order valence-corrected chi connectivity index (χ2v) is 4.38. The number of benzene rings is 1. The molecule has 6 nitrogen and oxygen atoms in total. The minimum absolute atomic E-state index is 0.186. The van der Waals surface area contributed by atoms with Crippen LogP contribution in [0.25, 0.3) is 0 Å². The van der Waals surface area contributed by atoms with E-state index < -0.39 is 24.2 Å². The Morgan fingerprint density at radius 1 is 1.26 bits per heavy atom. The van der Waals surface area contributed by atoms with Gasteiger partial charge in [-0.15, -0.1) is 0 Å². The van der Waals surface area contributed by atoms with Crippen LogP contribution in [-0.4, -0.2) is 45.9 Å². The predicted octanol–water partition coefficient (Wildman–Crippen LogP) is 1.41. The van der Waals surface area contributed by atoms with Gasteiger partial charge in [0.1, 0.15) is 0 Å². The molecule has 1 aromatic rings.